The smallest absolute Gasteiger partial charge is 0.126 e. The lowest BCUT2D eigenvalue weighted by Gasteiger charge is -2.18. The van der Waals surface area contributed by atoms with Crippen molar-refractivity contribution < 1.29 is 18.3 Å². The van der Waals surface area contributed by atoms with Crippen LogP contribution in [0.4, 0.5) is 8.78 Å². The second kappa shape index (κ2) is 8.96. The van der Waals surface area contributed by atoms with Crippen LogP contribution in [0.15, 0.2) is 18.2 Å². The minimum atomic E-state index is -0.550. The first-order valence-electron chi connectivity index (χ1n) is 6.40. The zero-order valence-corrected chi connectivity index (χ0v) is 11.4. The van der Waals surface area contributed by atoms with Crippen molar-refractivity contribution in [2.75, 3.05) is 33.5 Å². The van der Waals surface area contributed by atoms with E-state index in [1.54, 1.807) is 7.11 Å². The van der Waals surface area contributed by atoms with Crippen LogP contribution in [0.25, 0.3) is 0 Å². The standard InChI is InChI=1S/C14H21F2NO2/c1-3-17-14(10-19-5-4-18-2)8-11-6-12(15)9-13(16)7-11/h6-7,9,14,17H,3-5,8,10H2,1-2H3. The van der Waals surface area contributed by atoms with Crippen LogP contribution >= 0.6 is 0 Å². The summed E-state index contributed by atoms with van der Waals surface area (Å²) in [7, 11) is 1.61. The van der Waals surface area contributed by atoms with Gasteiger partial charge in [-0.05, 0) is 30.7 Å². The molecule has 0 amide bonds. The van der Waals surface area contributed by atoms with Crippen LogP contribution in [-0.4, -0.2) is 39.5 Å². The van der Waals surface area contributed by atoms with E-state index in [1.165, 1.54) is 12.1 Å². The Morgan fingerprint density at radius 3 is 2.42 bits per heavy atom. The average Bonchev–Trinajstić information content (AvgIpc) is 2.33. The molecule has 19 heavy (non-hydrogen) atoms. The number of hydrogen-bond acceptors (Lipinski definition) is 3. The molecule has 0 heterocycles. The van der Waals surface area contributed by atoms with Crippen LogP contribution in [0.1, 0.15) is 12.5 Å². The van der Waals surface area contributed by atoms with Crippen molar-refractivity contribution in [1.29, 1.82) is 0 Å². The van der Waals surface area contributed by atoms with Gasteiger partial charge in [0.15, 0.2) is 0 Å². The van der Waals surface area contributed by atoms with Gasteiger partial charge in [0.05, 0.1) is 19.8 Å². The quantitative estimate of drug-likeness (QED) is 0.699. The maximum Gasteiger partial charge on any atom is 0.126 e. The monoisotopic (exact) mass is 273 g/mol. The highest BCUT2D eigenvalue weighted by molar-refractivity contribution is 5.19. The second-order valence-electron chi connectivity index (χ2n) is 4.30. The molecule has 0 bridgehead atoms. The van der Waals surface area contributed by atoms with Crippen molar-refractivity contribution in [3.8, 4) is 0 Å². The third-order valence-electron chi connectivity index (χ3n) is 2.65. The number of nitrogens with one attached hydrogen (secondary N) is 1. The van der Waals surface area contributed by atoms with Crippen molar-refractivity contribution in [3.63, 3.8) is 0 Å². The maximum atomic E-state index is 13.1. The van der Waals surface area contributed by atoms with Gasteiger partial charge in [-0.2, -0.15) is 0 Å². The molecule has 0 aliphatic heterocycles. The Morgan fingerprint density at radius 2 is 1.84 bits per heavy atom. The molecule has 1 atom stereocenters. The Morgan fingerprint density at radius 1 is 1.16 bits per heavy atom. The normalized spacial score (nSPS) is 12.6. The molecule has 1 aromatic carbocycles. The van der Waals surface area contributed by atoms with Crippen molar-refractivity contribution in [3.05, 3.63) is 35.4 Å². The summed E-state index contributed by atoms with van der Waals surface area (Å²) in [6.07, 6.45) is 0.523. The van der Waals surface area contributed by atoms with Gasteiger partial charge in [0, 0.05) is 19.2 Å². The number of methoxy groups -OCH3 is 1. The first-order chi connectivity index (χ1) is 9.15. The predicted octanol–water partition coefficient (Wildman–Crippen LogP) is 2.15. The Labute approximate surface area is 112 Å². The average molecular weight is 273 g/mol. The molecule has 0 fully saturated rings. The minimum Gasteiger partial charge on any atom is -0.382 e. The van der Waals surface area contributed by atoms with Crippen molar-refractivity contribution >= 4 is 0 Å². The Hall–Kier alpha value is -1.04. The summed E-state index contributed by atoms with van der Waals surface area (Å²) in [6, 6.07) is 3.61. The van der Waals surface area contributed by atoms with Crippen LogP contribution < -0.4 is 5.32 Å². The molecule has 1 N–H and O–H groups in total. The predicted molar refractivity (Wildman–Crippen MR) is 70.2 cm³/mol. The van der Waals surface area contributed by atoms with Gasteiger partial charge < -0.3 is 14.8 Å². The third-order valence-corrected chi connectivity index (χ3v) is 2.65. The topological polar surface area (TPSA) is 30.5 Å². The van der Waals surface area contributed by atoms with E-state index in [9.17, 15) is 8.78 Å². The Bertz CT molecular complexity index is 354. The zero-order chi connectivity index (χ0) is 14.1. The fourth-order valence-electron chi connectivity index (χ4n) is 1.86. The van der Waals surface area contributed by atoms with Crippen LogP contribution in [0, 0.1) is 11.6 Å². The number of halogens is 2. The largest absolute Gasteiger partial charge is 0.382 e. The van der Waals surface area contributed by atoms with Crippen LogP contribution in [0.5, 0.6) is 0 Å². The van der Waals surface area contributed by atoms with Gasteiger partial charge >= 0.3 is 0 Å². The second-order valence-corrected chi connectivity index (χ2v) is 4.30. The summed E-state index contributed by atoms with van der Waals surface area (Å²) in [5.74, 6) is -1.10. The van der Waals surface area contributed by atoms with E-state index in [0.717, 1.165) is 12.6 Å². The van der Waals surface area contributed by atoms with E-state index >= 15 is 0 Å². The highest BCUT2D eigenvalue weighted by atomic mass is 19.1. The minimum absolute atomic E-state index is 0.0306. The van der Waals surface area contributed by atoms with Crippen molar-refractivity contribution in [2.45, 2.75) is 19.4 Å². The van der Waals surface area contributed by atoms with E-state index < -0.39 is 11.6 Å². The van der Waals surface area contributed by atoms with Gasteiger partial charge in [-0.3, -0.25) is 0 Å². The van der Waals surface area contributed by atoms with Gasteiger partial charge in [0.25, 0.3) is 0 Å². The highest BCUT2D eigenvalue weighted by Crippen LogP contribution is 2.10. The van der Waals surface area contributed by atoms with E-state index in [-0.39, 0.29) is 6.04 Å². The third kappa shape index (κ3) is 6.61. The van der Waals surface area contributed by atoms with Gasteiger partial charge in [-0.15, -0.1) is 0 Å². The molecule has 0 aliphatic rings. The lowest BCUT2D eigenvalue weighted by molar-refractivity contribution is 0.0589. The first-order valence-corrected chi connectivity index (χ1v) is 6.40. The molecule has 3 nitrogen and oxygen atoms in total. The molecule has 1 unspecified atom stereocenters. The molecular weight excluding hydrogens is 252 g/mol. The molecular formula is C14H21F2NO2. The van der Waals surface area contributed by atoms with E-state index in [4.69, 9.17) is 9.47 Å². The SMILES string of the molecule is CCNC(COCCOC)Cc1cc(F)cc(F)c1. The van der Waals surface area contributed by atoms with Crippen molar-refractivity contribution in [1.82, 2.24) is 5.32 Å². The summed E-state index contributed by atoms with van der Waals surface area (Å²) < 4.78 is 36.6. The highest BCUT2D eigenvalue weighted by Gasteiger charge is 2.10. The fraction of sp³-hybridized carbons (Fsp3) is 0.571. The summed E-state index contributed by atoms with van der Waals surface area (Å²) >= 11 is 0. The Balaban J connectivity index is 2.51. The van der Waals surface area contributed by atoms with E-state index in [1.807, 2.05) is 6.92 Å². The summed E-state index contributed by atoms with van der Waals surface area (Å²) in [5.41, 5.74) is 0.624. The molecule has 0 saturated heterocycles. The molecule has 108 valence electrons. The Kier molecular flexibility index (Phi) is 7.55. The maximum absolute atomic E-state index is 13.1. The summed E-state index contributed by atoms with van der Waals surface area (Å²) in [5, 5.41) is 3.24. The first kappa shape index (κ1) is 16.0. The van der Waals surface area contributed by atoms with Crippen LogP contribution in [0.3, 0.4) is 0 Å². The lowest BCUT2D eigenvalue weighted by atomic mass is 10.1. The molecule has 1 aromatic rings. The summed E-state index contributed by atoms with van der Waals surface area (Å²) in [4.78, 5) is 0. The van der Waals surface area contributed by atoms with Crippen molar-refractivity contribution in [2.24, 2.45) is 0 Å². The molecule has 0 aliphatic carbocycles. The van der Waals surface area contributed by atoms with Gasteiger partial charge in [0.2, 0.25) is 0 Å². The number of likely N-dealkylation sites (N-methyl/N-ethyl adjacent to an activating group) is 1. The van der Waals surface area contributed by atoms with Gasteiger partial charge in [0.1, 0.15) is 11.6 Å². The molecule has 0 radical (unpaired) electrons. The van der Waals surface area contributed by atoms with Gasteiger partial charge in [-0.25, -0.2) is 8.78 Å². The lowest BCUT2D eigenvalue weighted by Crippen LogP contribution is -2.35. The molecule has 0 saturated carbocycles. The van der Waals surface area contributed by atoms with Gasteiger partial charge in [-0.1, -0.05) is 6.92 Å². The van der Waals surface area contributed by atoms with E-state index in [2.05, 4.69) is 5.32 Å². The molecule has 0 spiro atoms. The van der Waals surface area contributed by atoms with Crippen LogP contribution in [0.2, 0.25) is 0 Å². The zero-order valence-electron chi connectivity index (χ0n) is 11.4. The van der Waals surface area contributed by atoms with Crippen LogP contribution in [-0.2, 0) is 15.9 Å². The molecule has 1 rings (SSSR count). The number of rotatable bonds is 9. The number of ether oxygens (including phenoxy) is 2. The number of benzene rings is 1. The number of hydrogen-bond donors (Lipinski definition) is 1. The summed E-state index contributed by atoms with van der Waals surface area (Å²) in [6.45, 7) is 4.28. The molecule has 5 heteroatoms. The molecule has 0 aromatic heterocycles. The fourth-order valence-corrected chi connectivity index (χ4v) is 1.86. The van der Waals surface area contributed by atoms with E-state index in [0.29, 0.717) is 31.8 Å².